The molecule has 4 nitrogen and oxygen atoms in total. The summed E-state index contributed by atoms with van der Waals surface area (Å²) < 4.78 is 0. The minimum Gasteiger partial charge on any atom is -0.354 e. The smallest absolute Gasteiger partial charge is 0.242 e. The standard InChI is InChI=1S/C22H25Cl3N2O2/c1-3-12-26-22(29)15(2)27(14-16-8-10-19(24)20(25)13-16)21(28)11-9-17-6-4-5-7-18(17)23/h4-8,10,13,15H,3,9,11-12,14H2,1-2H3,(H,26,29)/t15-/m0/s1. The van der Waals surface area contributed by atoms with Crippen LogP contribution in [-0.2, 0) is 22.6 Å². The van der Waals surface area contributed by atoms with Crippen LogP contribution < -0.4 is 5.32 Å². The van der Waals surface area contributed by atoms with Gasteiger partial charge in [0, 0.05) is 24.5 Å². The molecule has 0 heterocycles. The number of hydrogen-bond donors (Lipinski definition) is 1. The van der Waals surface area contributed by atoms with Crippen LogP contribution in [0.4, 0.5) is 0 Å². The maximum Gasteiger partial charge on any atom is 0.242 e. The van der Waals surface area contributed by atoms with E-state index in [9.17, 15) is 9.59 Å². The minimum atomic E-state index is -0.616. The van der Waals surface area contributed by atoms with Gasteiger partial charge >= 0.3 is 0 Å². The number of nitrogens with one attached hydrogen (secondary N) is 1. The quantitative estimate of drug-likeness (QED) is 0.541. The van der Waals surface area contributed by atoms with Crippen LogP contribution >= 0.6 is 34.8 Å². The molecule has 0 spiro atoms. The Morgan fingerprint density at radius 3 is 2.41 bits per heavy atom. The Morgan fingerprint density at radius 2 is 1.76 bits per heavy atom. The number of benzene rings is 2. The normalized spacial score (nSPS) is 11.8. The van der Waals surface area contributed by atoms with E-state index in [1.54, 1.807) is 36.1 Å². The van der Waals surface area contributed by atoms with Crippen molar-refractivity contribution in [1.29, 1.82) is 0 Å². The molecule has 0 saturated carbocycles. The average Bonchev–Trinajstić information content (AvgIpc) is 2.71. The topological polar surface area (TPSA) is 49.4 Å². The lowest BCUT2D eigenvalue weighted by molar-refractivity contribution is -0.140. The van der Waals surface area contributed by atoms with Crippen LogP contribution in [-0.4, -0.2) is 29.3 Å². The summed E-state index contributed by atoms with van der Waals surface area (Å²) in [7, 11) is 0. The molecular formula is C22H25Cl3N2O2. The second-order valence-corrected chi connectivity index (χ2v) is 8.05. The van der Waals surface area contributed by atoms with Gasteiger partial charge in [0.05, 0.1) is 10.0 Å². The highest BCUT2D eigenvalue weighted by atomic mass is 35.5. The molecule has 0 fully saturated rings. The van der Waals surface area contributed by atoms with E-state index in [1.807, 2.05) is 25.1 Å². The van der Waals surface area contributed by atoms with Crippen molar-refractivity contribution >= 4 is 46.6 Å². The molecule has 29 heavy (non-hydrogen) atoms. The first-order chi connectivity index (χ1) is 13.8. The second-order valence-electron chi connectivity index (χ2n) is 6.83. The van der Waals surface area contributed by atoms with Crippen molar-refractivity contribution in [3.8, 4) is 0 Å². The Hall–Kier alpha value is -1.75. The molecule has 2 aromatic rings. The van der Waals surface area contributed by atoms with Crippen molar-refractivity contribution in [3.05, 3.63) is 68.7 Å². The summed E-state index contributed by atoms with van der Waals surface area (Å²) in [6.07, 6.45) is 1.57. The van der Waals surface area contributed by atoms with E-state index in [1.165, 1.54) is 0 Å². The molecule has 156 valence electrons. The van der Waals surface area contributed by atoms with Crippen LogP contribution in [0.5, 0.6) is 0 Å². The monoisotopic (exact) mass is 454 g/mol. The molecule has 0 unspecified atom stereocenters. The highest BCUT2D eigenvalue weighted by Gasteiger charge is 2.26. The Kier molecular flexibility index (Phi) is 9.28. The molecule has 1 N–H and O–H groups in total. The first-order valence-electron chi connectivity index (χ1n) is 9.58. The van der Waals surface area contributed by atoms with Gasteiger partial charge in [0.15, 0.2) is 0 Å². The molecule has 2 aromatic carbocycles. The van der Waals surface area contributed by atoms with Crippen molar-refractivity contribution in [2.24, 2.45) is 0 Å². The molecule has 0 aliphatic carbocycles. The Morgan fingerprint density at radius 1 is 1.03 bits per heavy atom. The van der Waals surface area contributed by atoms with Crippen LogP contribution in [0.1, 0.15) is 37.8 Å². The summed E-state index contributed by atoms with van der Waals surface area (Å²) in [6.45, 7) is 4.54. The molecule has 2 amide bonds. The van der Waals surface area contributed by atoms with Gasteiger partial charge in [0.1, 0.15) is 6.04 Å². The van der Waals surface area contributed by atoms with E-state index in [-0.39, 0.29) is 24.8 Å². The Labute approximate surface area is 187 Å². The molecule has 0 aliphatic heterocycles. The number of aryl methyl sites for hydroxylation is 1. The zero-order valence-corrected chi connectivity index (χ0v) is 18.8. The van der Waals surface area contributed by atoms with E-state index in [0.717, 1.165) is 17.5 Å². The molecular weight excluding hydrogens is 431 g/mol. The fourth-order valence-electron chi connectivity index (χ4n) is 2.90. The van der Waals surface area contributed by atoms with Gasteiger partial charge in [-0.15, -0.1) is 0 Å². The van der Waals surface area contributed by atoms with E-state index < -0.39 is 6.04 Å². The van der Waals surface area contributed by atoms with Gasteiger partial charge in [-0.05, 0) is 49.1 Å². The maximum atomic E-state index is 13.0. The largest absolute Gasteiger partial charge is 0.354 e. The van der Waals surface area contributed by atoms with E-state index in [0.29, 0.717) is 28.0 Å². The number of hydrogen-bond acceptors (Lipinski definition) is 2. The van der Waals surface area contributed by atoms with Gasteiger partial charge in [-0.2, -0.15) is 0 Å². The van der Waals surface area contributed by atoms with Crippen LogP contribution in [0.3, 0.4) is 0 Å². The number of carbonyl (C=O) groups is 2. The van der Waals surface area contributed by atoms with E-state index in [4.69, 9.17) is 34.8 Å². The van der Waals surface area contributed by atoms with Crippen molar-refractivity contribution < 1.29 is 9.59 Å². The first kappa shape index (κ1) is 23.5. The van der Waals surface area contributed by atoms with Crippen molar-refractivity contribution in [2.45, 2.75) is 45.7 Å². The maximum absolute atomic E-state index is 13.0. The van der Waals surface area contributed by atoms with Crippen LogP contribution in [0.2, 0.25) is 15.1 Å². The summed E-state index contributed by atoms with van der Waals surface area (Å²) in [5.41, 5.74) is 1.71. The first-order valence-corrected chi connectivity index (χ1v) is 10.7. The van der Waals surface area contributed by atoms with Gasteiger partial charge in [-0.3, -0.25) is 9.59 Å². The molecule has 0 bridgehead atoms. The van der Waals surface area contributed by atoms with Crippen LogP contribution in [0, 0.1) is 0 Å². The summed E-state index contributed by atoms with van der Waals surface area (Å²) in [6, 6.07) is 12.0. The van der Waals surface area contributed by atoms with Crippen LogP contribution in [0.25, 0.3) is 0 Å². The summed E-state index contributed by atoms with van der Waals surface area (Å²) >= 11 is 18.3. The molecule has 0 saturated heterocycles. The zero-order chi connectivity index (χ0) is 21.4. The lowest BCUT2D eigenvalue weighted by atomic mass is 10.1. The van der Waals surface area contributed by atoms with Crippen molar-refractivity contribution in [2.75, 3.05) is 6.54 Å². The second kappa shape index (κ2) is 11.4. The molecule has 1 atom stereocenters. The van der Waals surface area contributed by atoms with Gasteiger partial charge < -0.3 is 10.2 Å². The summed E-state index contributed by atoms with van der Waals surface area (Å²) in [4.78, 5) is 27.1. The molecule has 0 radical (unpaired) electrons. The van der Waals surface area contributed by atoms with E-state index >= 15 is 0 Å². The Bertz CT molecular complexity index is 858. The van der Waals surface area contributed by atoms with E-state index in [2.05, 4.69) is 5.32 Å². The highest BCUT2D eigenvalue weighted by Crippen LogP contribution is 2.24. The molecule has 2 rings (SSSR count). The van der Waals surface area contributed by atoms with Crippen LogP contribution in [0.15, 0.2) is 42.5 Å². The highest BCUT2D eigenvalue weighted by molar-refractivity contribution is 6.42. The number of rotatable bonds is 9. The van der Waals surface area contributed by atoms with Crippen molar-refractivity contribution in [1.82, 2.24) is 10.2 Å². The molecule has 0 aromatic heterocycles. The predicted octanol–water partition coefficient (Wildman–Crippen LogP) is 5.52. The van der Waals surface area contributed by atoms with Gasteiger partial charge in [0.25, 0.3) is 0 Å². The summed E-state index contributed by atoms with van der Waals surface area (Å²) in [5.74, 6) is -0.312. The molecule has 0 aliphatic rings. The average molecular weight is 456 g/mol. The number of carbonyl (C=O) groups excluding carboxylic acids is 2. The predicted molar refractivity (Wildman–Crippen MR) is 120 cm³/mol. The third-order valence-electron chi connectivity index (χ3n) is 4.62. The van der Waals surface area contributed by atoms with Crippen molar-refractivity contribution in [3.63, 3.8) is 0 Å². The van der Waals surface area contributed by atoms with Gasteiger partial charge in [-0.25, -0.2) is 0 Å². The minimum absolute atomic E-state index is 0.129. The van der Waals surface area contributed by atoms with Gasteiger partial charge in [0.2, 0.25) is 11.8 Å². The third kappa shape index (κ3) is 6.91. The van der Waals surface area contributed by atoms with Gasteiger partial charge in [-0.1, -0.05) is 66.0 Å². The fraction of sp³-hybridized carbons (Fsp3) is 0.364. The number of nitrogens with zero attached hydrogens (tertiary/aromatic N) is 1. The summed E-state index contributed by atoms with van der Waals surface area (Å²) in [5, 5.41) is 4.34. The lowest BCUT2D eigenvalue weighted by Gasteiger charge is -2.29. The fourth-order valence-corrected chi connectivity index (χ4v) is 3.45. The SMILES string of the molecule is CCCNC(=O)[C@H](C)N(Cc1ccc(Cl)c(Cl)c1)C(=O)CCc1ccccc1Cl. The number of halogens is 3. The lowest BCUT2D eigenvalue weighted by Crippen LogP contribution is -2.47. The number of amides is 2. The molecule has 7 heteroatoms. The Balaban J connectivity index is 2.17. The third-order valence-corrected chi connectivity index (χ3v) is 5.73. The zero-order valence-electron chi connectivity index (χ0n) is 16.6.